The van der Waals surface area contributed by atoms with Crippen LogP contribution in [0.15, 0.2) is 11.7 Å². The van der Waals surface area contributed by atoms with E-state index in [9.17, 15) is 14.4 Å². The summed E-state index contributed by atoms with van der Waals surface area (Å²) in [5.41, 5.74) is 1.52. The van der Waals surface area contributed by atoms with Gasteiger partial charge in [0.15, 0.2) is 0 Å². The highest BCUT2D eigenvalue weighted by Gasteiger charge is 2.35. The fourth-order valence-electron chi connectivity index (χ4n) is 1.79. The molecule has 1 aromatic rings. The molecular formula is C10H11N3O4S. The van der Waals surface area contributed by atoms with E-state index >= 15 is 0 Å². The van der Waals surface area contributed by atoms with Gasteiger partial charge in [-0.1, -0.05) is 0 Å². The number of amides is 2. The molecule has 7 nitrogen and oxygen atoms in total. The number of piperazine rings is 1. The minimum Gasteiger partial charge on any atom is -0.481 e. The monoisotopic (exact) mass is 269 g/mol. The molecule has 1 aliphatic heterocycles. The Bertz CT molecular complexity index is 473. The van der Waals surface area contributed by atoms with Gasteiger partial charge in [-0.3, -0.25) is 19.4 Å². The summed E-state index contributed by atoms with van der Waals surface area (Å²) in [5.74, 6) is -1.89. The molecule has 1 aromatic heterocycles. The fourth-order valence-corrected chi connectivity index (χ4v) is 2.36. The molecule has 0 bridgehead atoms. The van der Waals surface area contributed by atoms with Gasteiger partial charge in [0, 0.05) is 13.1 Å². The predicted molar refractivity (Wildman–Crippen MR) is 62.2 cm³/mol. The molecule has 1 atom stereocenters. The number of hydrogen-bond acceptors (Lipinski definition) is 5. The molecule has 0 saturated carbocycles. The number of carboxylic acids is 1. The van der Waals surface area contributed by atoms with E-state index < -0.39 is 24.3 Å². The number of thiazole rings is 1. The minimum absolute atomic E-state index is 0.306. The first-order valence-electron chi connectivity index (χ1n) is 5.28. The van der Waals surface area contributed by atoms with Crippen LogP contribution in [-0.2, 0) is 9.59 Å². The SMILES string of the molecule is O=C(O)CC1C(=O)NCCN1C(=O)c1cncs1. The molecule has 1 fully saturated rings. The number of hydrogen-bond donors (Lipinski definition) is 2. The van der Waals surface area contributed by atoms with Crippen LogP contribution in [0.5, 0.6) is 0 Å². The third-order valence-electron chi connectivity index (χ3n) is 2.60. The summed E-state index contributed by atoms with van der Waals surface area (Å²) in [6.07, 6.45) is 1.02. The second-order valence-corrected chi connectivity index (χ2v) is 4.66. The van der Waals surface area contributed by atoms with E-state index in [4.69, 9.17) is 5.11 Å². The maximum absolute atomic E-state index is 12.1. The Balaban J connectivity index is 2.20. The third kappa shape index (κ3) is 2.48. The van der Waals surface area contributed by atoms with E-state index in [0.29, 0.717) is 18.0 Å². The Morgan fingerprint density at radius 2 is 2.39 bits per heavy atom. The molecule has 0 spiro atoms. The van der Waals surface area contributed by atoms with Gasteiger partial charge in [-0.25, -0.2) is 0 Å². The molecule has 0 radical (unpaired) electrons. The number of nitrogens with zero attached hydrogens (tertiary/aromatic N) is 2. The lowest BCUT2D eigenvalue weighted by Gasteiger charge is -2.33. The molecule has 8 heteroatoms. The van der Waals surface area contributed by atoms with Crippen molar-refractivity contribution < 1.29 is 19.5 Å². The fraction of sp³-hybridized carbons (Fsp3) is 0.400. The maximum atomic E-state index is 12.1. The van der Waals surface area contributed by atoms with Crippen LogP contribution in [0, 0.1) is 0 Å². The lowest BCUT2D eigenvalue weighted by Crippen LogP contribution is -2.57. The highest BCUT2D eigenvalue weighted by atomic mass is 32.1. The van der Waals surface area contributed by atoms with Crippen molar-refractivity contribution in [2.75, 3.05) is 13.1 Å². The summed E-state index contributed by atoms with van der Waals surface area (Å²) >= 11 is 1.17. The normalized spacial score (nSPS) is 19.4. The van der Waals surface area contributed by atoms with Gasteiger partial charge in [0.1, 0.15) is 10.9 Å². The highest BCUT2D eigenvalue weighted by molar-refractivity contribution is 7.11. The maximum Gasteiger partial charge on any atom is 0.305 e. The summed E-state index contributed by atoms with van der Waals surface area (Å²) in [7, 11) is 0. The van der Waals surface area contributed by atoms with E-state index in [-0.39, 0.29) is 5.91 Å². The van der Waals surface area contributed by atoms with Crippen molar-refractivity contribution in [3.05, 3.63) is 16.6 Å². The van der Waals surface area contributed by atoms with E-state index in [1.807, 2.05) is 0 Å². The molecule has 1 unspecified atom stereocenters. The van der Waals surface area contributed by atoms with Gasteiger partial charge in [-0.15, -0.1) is 11.3 Å². The molecule has 0 aliphatic carbocycles. The quantitative estimate of drug-likeness (QED) is 0.774. The molecule has 2 rings (SSSR count). The van der Waals surface area contributed by atoms with E-state index in [1.54, 1.807) is 0 Å². The smallest absolute Gasteiger partial charge is 0.305 e. The second kappa shape index (κ2) is 5.13. The van der Waals surface area contributed by atoms with E-state index in [2.05, 4.69) is 10.3 Å². The minimum atomic E-state index is -1.11. The van der Waals surface area contributed by atoms with Gasteiger partial charge in [0.25, 0.3) is 5.91 Å². The van der Waals surface area contributed by atoms with Gasteiger partial charge >= 0.3 is 5.97 Å². The largest absolute Gasteiger partial charge is 0.481 e. The standard InChI is InChI=1S/C10H11N3O4S/c14-8(15)3-6-9(16)12-1-2-13(6)10(17)7-4-11-5-18-7/h4-6H,1-3H2,(H,12,16)(H,14,15). The lowest BCUT2D eigenvalue weighted by molar-refractivity contribution is -0.142. The number of aliphatic carboxylic acids is 1. The van der Waals surface area contributed by atoms with Gasteiger partial charge in [0.2, 0.25) is 5.91 Å². The van der Waals surface area contributed by atoms with Crippen LogP contribution in [0.25, 0.3) is 0 Å². The van der Waals surface area contributed by atoms with Gasteiger partial charge in [0.05, 0.1) is 18.1 Å². The molecule has 2 heterocycles. The third-order valence-corrected chi connectivity index (χ3v) is 3.36. The Morgan fingerprint density at radius 1 is 1.61 bits per heavy atom. The molecular weight excluding hydrogens is 258 g/mol. The van der Waals surface area contributed by atoms with Crippen LogP contribution in [-0.4, -0.2) is 51.9 Å². The number of carbonyl (C=O) groups excluding carboxylic acids is 2. The Morgan fingerprint density at radius 3 is 3.00 bits per heavy atom. The van der Waals surface area contributed by atoms with Crippen LogP contribution in [0.1, 0.15) is 16.1 Å². The molecule has 2 amide bonds. The van der Waals surface area contributed by atoms with Crippen LogP contribution in [0.3, 0.4) is 0 Å². The van der Waals surface area contributed by atoms with Crippen LogP contribution >= 0.6 is 11.3 Å². The first-order chi connectivity index (χ1) is 8.59. The van der Waals surface area contributed by atoms with Crippen molar-refractivity contribution in [3.63, 3.8) is 0 Å². The number of rotatable bonds is 3. The number of carboxylic acid groups (broad SMARTS) is 1. The summed E-state index contributed by atoms with van der Waals surface area (Å²) < 4.78 is 0. The van der Waals surface area contributed by atoms with Crippen molar-refractivity contribution in [1.29, 1.82) is 0 Å². The molecule has 18 heavy (non-hydrogen) atoms. The summed E-state index contributed by atoms with van der Waals surface area (Å²) in [6.45, 7) is 0.639. The molecule has 1 saturated heterocycles. The highest BCUT2D eigenvalue weighted by Crippen LogP contribution is 2.16. The Hall–Kier alpha value is -1.96. The summed E-state index contributed by atoms with van der Waals surface area (Å²) in [6, 6.07) is -0.953. The molecule has 0 aromatic carbocycles. The van der Waals surface area contributed by atoms with Crippen molar-refractivity contribution in [2.45, 2.75) is 12.5 Å². The first kappa shape index (κ1) is 12.5. The first-order valence-corrected chi connectivity index (χ1v) is 6.16. The zero-order chi connectivity index (χ0) is 13.1. The van der Waals surface area contributed by atoms with E-state index in [1.165, 1.54) is 27.9 Å². The second-order valence-electron chi connectivity index (χ2n) is 3.77. The number of aromatic nitrogens is 1. The number of nitrogens with one attached hydrogen (secondary N) is 1. The van der Waals surface area contributed by atoms with Crippen molar-refractivity contribution >= 4 is 29.1 Å². The molecule has 1 aliphatic rings. The van der Waals surface area contributed by atoms with Gasteiger partial charge in [-0.05, 0) is 0 Å². The Kier molecular flexibility index (Phi) is 3.56. The molecule has 2 N–H and O–H groups in total. The van der Waals surface area contributed by atoms with Crippen LogP contribution in [0.2, 0.25) is 0 Å². The average molecular weight is 269 g/mol. The average Bonchev–Trinajstić information content (AvgIpc) is 2.84. The van der Waals surface area contributed by atoms with Crippen molar-refractivity contribution in [3.8, 4) is 0 Å². The van der Waals surface area contributed by atoms with Gasteiger partial charge in [-0.2, -0.15) is 0 Å². The van der Waals surface area contributed by atoms with Crippen molar-refractivity contribution in [2.24, 2.45) is 0 Å². The van der Waals surface area contributed by atoms with Gasteiger partial charge < -0.3 is 15.3 Å². The summed E-state index contributed by atoms with van der Waals surface area (Å²) in [4.78, 5) is 40.0. The topological polar surface area (TPSA) is 99.6 Å². The van der Waals surface area contributed by atoms with E-state index in [0.717, 1.165) is 0 Å². The Labute approximate surface area is 106 Å². The van der Waals surface area contributed by atoms with Crippen LogP contribution < -0.4 is 5.32 Å². The van der Waals surface area contributed by atoms with Crippen molar-refractivity contribution in [1.82, 2.24) is 15.2 Å². The zero-order valence-electron chi connectivity index (χ0n) is 9.33. The molecule has 96 valence electrons. The lowest BCUT2D eigenvalue weighted by atomic mass is 10.1. The zero-order valence-corrected chi connectivity index (χ0v) is 10.1. The van der Waals surface area contributed by atoms with Crippen LogP contribution in [0.4, 0.5) is 0 Å². The predicted octanol–water partition coefficient (Wildman–Crippen LogP) is -0.442. The number of carbonyl (C=O) groups is 3. The summed E-state index contributed by atoms with van der Waals surface area (Å²) in [5, 5.41) is 11.3.